The Labute approximate surface area is 165 Å². The summed E-state index contributed by atoms with van der Waals surface area (Å²) in [6.07, 6.45) is 0.406. The Morgan fingerprint density at radius 2 is 2.04 bits per heavy atom. The summed E-state index contributed by atoms with van der Waals surface area (Å²) in [5, 5.41) is 27.4. The number of likely N-dealkylation sites (tertiary alicyclic amines) is 1. The van der Waals surface area contributed by atoms with Crippen molar-refractivity contribution < 1.29 is 19.6 Å². The van der Waals surface area contributed by atoms with Gasteiger partial charge in [-0.2, -0.15) is 0 Å². The van der Waals surface area contributed by atoms with E-state index in [1.54, 1.807) is 12.1 Å². The first-order valence-corrected chi connectivity index (χ1v) is 9.67. The van der Waals surface area contributed by atoms with Gasteiger partial charge in [-0.25, -0.2) is 9.59 Å². The molecule has 10 heteroatoms. The minimum absolute atomic E-state index is 0.133. The lowest BCUT2D eigenvalue weighted by Crippen LogP contribution is -2.41. The van der Waals surface area contributed by atoms with E-state index in [2.05, 4.69) is 10.6 Å². The Balaban J connectivity index is 1.61. The van der Waals surface area contributed by atoms with Gasteiger partial charge in [-0.3, -0.25) is 10.1 Å². The van der Waals surface area contributed by atoms with Crippen LogP contribution in [0.25, 0.3) is 10.4 Å². The number of anilines is 1. The van der Waals surface area contributed by atoms with Gasteiger partial charge in [0.2, 0.25) is 0 Å². The van der Waals surface area contributed by atoms with Crippen molar-refractivity contribution in [1.29, 1.82) is 0 Å². The molecular weight excluding hydrogens is 384 g/mol. The molecular formula is C18H20N4O5S. The Hall–Kier alpha value is -3.14. The number of amides is 3. The van der Waals surface area contributed by atoms with E-state index in [1.165, 1.54) is 22.3 Å². The highest BCUT2D eigenvalue weighted by molar-refractivity contribution is 7.13. The molecule has 2 aromatic rings. The second-order valence-electron chi connectivity index (χ2n) is 6.51. The van der Waals surface area contributed by atoms with Crippen LogP contribution in [0.1, 0.15) is 12.8 Å². The molecule has 0 spiro atoms. The first-order chi connectivity index (χ1) is 13.4. The molecule has 28 heavy (non-hydrogen) atoms. The van der Waals surface area contributed by atoms with Crippen LogP contribution in [0.2, 0.25) is 0 Å². The van der Waals surface area contributed by atoms with E-state index in [4.69, 9.17) is 5.11 Å². The third kappa shape index (κ3) is 4.77. The van der Waals surface area contributed by atoms with Crippen molar-refractivity contribution in [3.05, 3.63) is 45.8 Å². The smallest absolute Gasteiger partial charge is 0.407 e. The number of nitro benzene ring substituents is 1. The molecule has 1 aliphatic rings. The zero-order valence-electron chi connectivity index (χ0n) is 15.0. The standard InChI is InChI=1S/C18H20N4O5S/c23-17(19-11-12-5-7-21(8-6-12)18(24)25)20-14-10-13(16-2-1-9-28-16)3-4-15(14)22(26)27/h1-4,9-10,12H,5-8,11H2,(H,24,25)(H2,19,20,23). The molecule has 3 amide bonds. The van der Waals surface area contributed by atoms with Gasteiger partial charge in [0, 0.05) is 30.6 Å². The van der Waals surface area contributed by atoms with Crippen molar-refractivity contribution in [1.82, 2.24) is 10.2 Å². The molecule has 0 atom stereocenters. The van der Waals surface area contributed by atoms with Gasteiger partial charge < -0.3 is 20.6 Å². The number of piperidine rings is 1. The van der Waals surface area contributed by atoms with Crippen molar-refractivity contribution in [2.45, 2.75) is 12.8 Å². The van der Waals surface area contributed by atoms with Gasteiger partial charge in [-0.15, -0.1) is 11.3 Å². The molecule has 3 rings (SSSR count). The van der Waals surface area contributed by atoms with Gasteiger partial charge in [0.25, 0.3) is 5.69 Å². The van der Waals surface area contributed by atoms with Crippen LogP contribution in [0.15, 0.2) is 35.7 Å². The molecule has 1 aliphatic heterocycles. The molecule has 2 heterocycles. The average molecular weight is 404 g/mol. The van der Waals surface area contributed by atoms with Crippen molar-refractivity contribution in [3.63, 3.8) is 0 Å². The second-order valence-corrected chi connectivity index (χ2v) is 7.46. The molecule has 0 saturated carbocycles. The SMILES string of the molecule is O=C(NCC1CCN(C(=O)O)CC1)Nc1cc(-c2cccs2)ccc1[N+](=O)[O-]. The molecule has 0 aliphatic carbocycles. The van der Waals surface area contributed by atoms with E-state index in [0.29, 0.717) is 32.5 Å². The first kappa shape index (κ1) is 19.6. The summed E-state index contributed by atoms with van der Waals surface area (Å²) in [6.45, 7) is 1.27. The highest BCUT2D eigenvalue weighted by atomic mass is 32.1. The van der Waals surface area contributed by atoms with Crippen LogP contribution < -0.4 is 10.6 Å². The molecule has 1 aromatic carbocycles. The van der Waals surface area contributed by atoms with E-state index >= 15 is 0 Å². The Kier molecular flexibility index (Phi) is 6.09. The Morgan fingerprint density at radius 1 is 1.29 bits per heavy atom. The lowest BCUT2D eigenvalue weighted by Gasteiger charge is -2.29. The molecule has 1 fully saturated rings. The minimum Gasteiger partial charge on any atom is -0.465 e. The number of thiophene rings is 1. The highest BCUT2D eigenvalue weighted by Gasteiger charge is 2.23. The maximum Gasteiger partial charge on any atom is 0.407 e. The van der Waals surface area contributed by atoms with Crippen molar-refractivity contribution in [2.75, 3.05) is 25.0 Å². The third-order valence-electron chi connectivity index (χ3n) is 4.68. The first-order valence-electron chi connectivity index (χ1n) is 8.79. The number of hydrogen-bond acceptors (Lipinski definition) is 5. The van der Waals surface area contributed by atoms with E-state index in [9.17, 15) is 19.7 Å². The van der Waals surface area contributed by atoms with Crippen LogP contribution in [0, 0.1) is 16.0 Å². The van der Waals surface area contributed by atoms with Gasteiger partial charge in [0.1, 0.15) is 5.69 Å². The molecule has 0 bridgehead atoms. The van der Waals surface area contributed by atoms with Gasteiger partial charge in [-0.1, -0.05) is 6.07 Å². The Morgan fingerprint density at radius 3 is 2.64 bits per heavy atom. The number of carbonyl (C=O) groups excluding carboxylic acids is 1. The molecule has 0 unspecified atom stereocenters. The number of benzene rings is 1. The summed E-state index contributed by atoms with van der Waals surface area (Å²) < 4.78 is 0. The maximum atomic E-state index is 12.3. The van der Waals surface area contributed by atoms with Crippen LogP contribution in [-0.2, 0) is 0 Å². The fraction of sp³-hybridized carbons (Fsp3) is 0.333. The summed E-state index contributed by atoms with van der Waals surface area (Å²) in [6, 6.07) is 7.90. The van der Waals surface area contributed by atoms with Crippen LogP contribution >= 0.6 is 11.3 Å². The van der Waals surface area contributed by atoms with Crippen LogP contribution in [0.5, 0.6) is 0 Å². The van der Waals surface area contributed by atoms with Gasteiger partial charge in [-0.05, 0) is 47.9 Å². The van der Waals surface area contributed by atoms with Gasteiger partial charge >= 0.3 is 12.1 Å². The summed E-state index contributed by atoms with van der Waals surface area (Å²) in [5.74, 6) is 0.175. The summed E-state index contributed by atoms with van der Waals surface area (Å²) in [5.41, 5.74) is 0.747. The molecule has 1 aromatic heterocycles. The number of carbonyl (C=O) groups is 2. The topological polar surface area (TPSA) is 125 Å². The number of hydrogen-bond donors (Lipinski definition) is 3. The number of rotatable bonds is 5. The summed E-state index contributed by atoms with van der Waals surface area (Å²) in [7, 11) is 0. The number of nitro groups is 1. The lowest BCUT2D eigenvalue weighted by molar-refractivity contribution is -0.383. The summed E-state index contributed by atoms with van der Waals surface area (Å²) >= 11 is 1.51. The van der Waals surface area contributed by atoms with Crippen LogP contribution in [0.4, 0.5) is 21.0 Å². The van der Waals surface area contributed by atoms with E-state index in [1.807, 2.05) is 17.5 Å². The van der Waals surface area contributed by atoms with Crippen molar-refractivity contribution in [3.8, 4) is 10.4 Å². The molecule has 9 nitrogen and oxygen atoms in total. The number of urea groups is 1. The third-order valence-corrected chi connectivity index (χ3v) is 5.60. The largest absolute Gasteiger partial charge is 0.465 e. The lowest BCUT2D eigenvalue weighted by atomic mass is 9.97. The fourth-order valence-electron chi connectivity index (χ4n) is 3.12. The van der Waals surface area contributed by atoms with E-state index in [-0.39, 0.29) is 17.3 Å². The molecule has 3 N–H and O–H groups in total. The van der Waals surface area contributed by atoms with Crippen molar-refractivity contribution in [2.24, 2.45) is 5.92 Å². The fourth-order valence-corrected chi connectivity index (χ4v) is 3.85. The molecule has 1 saturated heterocycles. The predicted molar refractivity (Wildman–Crippen MR) is 106 cm³/mol. The van der Waals surface area contributed by atoms with Gasteiger partial charge in [0.05, 0.1) is 4.92 Å². The number of carboxylic acid groups (broad SMARTS) is 1. The number of nitrogens with zero attached hydrogens (tertiary/aromatic N) is 2. The summed E-state index contributed by atoms with van der Waals surface area (Å²) in [4.78, 5) is 36.2. The van der Waals surface area contributed by atoms with E-state index < -0.39 is 17.0 Å². The molecule has 0 radical (unpaired) electrons. The second kappa shape index (κ2) is 8.70. The maximum absolute atomic E-state index is 12.3. The zero-order chi connectivity index (χ0) is 20.1. The van der Waals surface area contributed by atoms with Gasteiger partial charge in [0.15, 0.2) is 0 Å². The van der Waals surface area contributed by atoms with Crippen LogP contribution in [-0.4, -0.2) is 46.7 Å². The monoisotopic (exact) mass is 404 g/mol. The Bertz CT molecular complexity index is 863. The minimum atomic E-state index is -0.929. The molecule has 148 valence electrons. The quantitative estimate of drug-likeness (QED) is 0.516. The number of nitrogens with one attached hydrogen (secondary N) is 2. The van der Waals surface area contributed by atoms with E-state index in [0.717, 1.165) is 10.4 Å². The highest BCUT2D eigenvalue weighted by Crippen LogP contribution is 2.32. The normalized spacial score (nSPS) is 14.5. The van der Waals surface area contributed by atoms with Crippen LogP contribution in [0.3, 0.4) is 0 Å². The van der Waals surface area contributed by atoms with Crippen molar-refractivity contribution >= 4 is 34.8 Å². The predicted octanol–water partition coefficient (Wildman–Crippen LogP) is 3.83. The average Bonchev–Trinajstić information content (AvgIpc) is 3.21. The zero-order valence-corrected chi connectivity index (χ0v) is 15.8.